The van der Waals surface area contributed by atoms with Gasteiger partial charge in [0.05, 0.1) is 0 Å². The quantitative estimate of drug-likeness (QED) is 0.320. The predicted molar refractivity (Wildman–Crippen MR) is 85.3 cm³/mol. The van der Waals surface area contributed by atoms with Crippen LogP contribution in [0.1, 0.15) is 103 Å². The van der Waals surface area contributed by atoms with Crippen molar-refractivity contribution in [3.8, 4) is 0 Å². The van der Waals surface area contributed by atoms with E-state index in [0.29, 0.717) is 5.78 Å². The lowest BCUT2D eigenvalue weighted by Gasteiger charge is -2.02. The van der Waals surface area contributed by atoms with E-state index in [0.717, 1.165) is 32.1 Å². The molecule has 19 heavy (non-hydrogen) atoms. The maximum absolute atomic E-state index is 11.7. The van der Waals surface area contributed by atoms with E-state index < -0.39 is 0 Å². The van der Waals surface area contributed by atoms with Crippen molar-refractivity contribution in [2.75, 3.05) is 0 Å². The van der Waals surface area contributed by atoms with Crippen LogP contribution < -0.4 is 0 Å². The zero-order valence-electron chi connectivity index (χ0n) is 13.2. The van der Waals surface area contributed by atoms with Crippen LogP contribution >= 0.6 is 0 Å². The van der Waals surface area contributed by atoms with Crippen LogP contribution in [0.3, 0.4) is 0 Å². The van der Waals surface area contributed by atoms with E-state index in [1.807, 2.05) is 0 Å². The van der Waals surface area contributed by atoms with Gasteiger partial charge < -0.3 is 0 Å². The van der Waals surface area contributed by atoms with Gasteiger partial charge in [-0.1, -0.05) is 84.5 Å². The van der Waals surface area contributed by atoms with E-state index >= 15 is 0 Å². The second-order valence-corrected chi connectivity index (χ2v) is 5.78. The Morgan fingerprint density at radius 1 is 0.684 bits per heavy atom. The van der Waals surface area contributed by atoms with E-state index in [4.69, 9.17) is 0 Å². The van der Waals surface area contributed by atoms with Crippen molar-refractivity contribution in [1.82, 2.24) is 0 Å². The topological polar surface area (TPSA) is 17.1 Å². The first-order valence-corrected chi connectivity index (χ1v) is 8.62. The van der Waals surface area contributed by atoms with Crippen LogP contribution in [-0.4, -0.2) is 5.78 Å². The number of carbonyl (C=O) groups is 1. The molecule has 0 aromatic carbocycles. The number of rotatable bonds is 15. The van der Waals surface area contributed by atoms with Gasteiger partial charge in [0.25, 0.3) is 0 Å². The predicted octanol–water partition coefficient (Wildman–Crippen LogP) is 6.26. The Balaban J connectivity index is 3.13. The highest BCUT2D eigenvalue weighted by Gasteiger charge is 2.01. The fourth-order valence-electron chi connectivity index (χ4n) is 2.43. The average molecular weight is 267 g/mol. The molecule has 113 valence electrons. The third-order valence-corrected chi connectivity index (χ3v) is 3.76. The Labute approximate surface area is 121 Å². The summed E-state index contributed by atoms with van der Waals surface area (Å²) in [4.78, 5) is 11.7. The minimum absolute atomic E-state index is 0.494. The van der Waals surface area contributed by atoms with Crippen LogP contribution in [0.4, 0.5) is 0 Å². The van der Waals surface area contributed by atoms with Gasteiger partial charge in [-0.3, -0.25) is 4.79 Å². The molecule has 0 bridgehead atoms. The molecule has 0 spiro atoms. The molecule has 0 fully saturated rings. The number of Topliss-reactive ketones (excluding diaryl/α,β-unsaturated/α-hetero) is 1. The van der Waals surface area contributed by atoms with Crippen molar-refractivity contribution < 1.29 is 4.79 Å². The second-order valence-electron chi connectivity index (χ2n) is 5.78. The second kappa shape index (κ2) is 15.7. The van der Waals surface area contributed by atoms with Gasteiger partial charge in [0, 0.05) is 12.8 Å². The normalized spacial score (nSPS) is 10.8. The summed E-state index contributed by atoms with van der Waals surface area (Å²) in [5, 5.41) is 0. The van der Waals surface area contributed by atoms with Crippen molar-refractivity contribution >= 4 is 5.78 Å². The average Bonchev–Trinajstić information content (AvgIpc) is 2.41. The fourth-order valence-corrected chi connectivity index (χ4v) is 2.43. The molecule has 0 aliphatic heterocycles. The molecular formula is C18H35O. The Morgan fingerprint density at radius 3 is 1.58 bits per heavy atom. The lowest BCUT2D eigenvalue weighted by Crippen LogP contribution is -1.97. The number of ketones is 1. The molecule has 0 aliphatic rings. The molecule has 1 heteroatoms. The van der Waals surface area contributed by atoms with Crippen molar-refractivity contribution in [3.05, 3.63) is 6.92 Å². The Bertz CT molecular complexity index is 186. The monoisotopic (exact) mass is 267 g/mol. The third-order valence-electron chi connectivity index (χ3n) is 3.76. The zero-order valence-corrected chi connectivity index (χ0v) is 13.2. The summed E-state index contributed by atoms with van der Waals surface area (Å²) >= 11 is 0. The summed E-state index contributed by atoms with van der Waals surface area (Å²) in [6.45, 7) is 6.09. The molecule has 0 atom stereocenters. The molecule has 0 N–H and O–H groups in total. The molecule has 0 heterocycles. The van der Waals surface area contributed by atoms with E-state index in [2.05, 4.69) is 13.8 Å². The van der Waals surface area contributed by atoms with Crippen LogP contribution in [0.25, 0.3) is 0 Å². The lowest BCUT2D eigenvalue weighted by atomic mass is 10.0. The van der Waals surface area contributed by atoms with Gasteiger partial charge >= 0.3 is 0 Å². The first-order valence-electron chi connectivity index (χ1n) is 8.62. The molecule has 0 rings (SSSR count). The van der Waals surface area contributed by atoms with Crippen molar-refractivity contribution in [2.24, 2.45) is 0 Å². The molecule has 0 aliphatic carbocycles. The largest absolute Gasteiger partial charge is 0.300 e. The molecule has 0 aromatic rings. The van der Waals surface area contributed by atoms with E-state index in [1.165, 1.54) is 64.2 Å². The van der Waals surface area contributed by atoms with Crippen LogP contribution in [0.5, 0.6) is 0 Å². The summed E-state index contributed by atoms with van der Waals surface area (Å²) < 4.78 is 0. The highest BCUT2D eigenvalue weighted by molar-refractivity contribution is 5.78. The summed E-state index contributed by atoms with van der Waals surface area (Å²) in [6, 6.07) is 0. The first kappa shape index (κ1) is 18.7. The number of unbranched alkanes of at least 4 members (excludes halogenated alkanes) is 11. The number of hydrogen-bond donors (Lipinski definition) is 0. The van der Waals surface area contributed by atoms with Crippen LogP contribution in [-0.2, 0) is 4.79 Å². The Kier molecular flexibility index (Phi) is 15.5. The van der Waals surface area contributed by atoms with Crippen LogP contribution in [0.2, 0.25) is 0 Å². The third kappa shape index (κ3) is 15.6. The summed E-state index contributed by atoms with van der Waals surface area (Å²) in [5.74, 6) is 0.494. The fraction of sp³-hybridized carbons (Fsp3) is 0.889. The first-order chi connectivity index (χ1) is 9.31. The van der Waals surface area contributed by atoms with E-state index in [9.17, 15) is 4.79 Å². The highest BCUT2D eigenvalue weighted by atomic mass is 16.1. The van der Waals surface area contributed by atoms with Gasteiger partial charge in [0.15, 0.2) is 0 Å². The maximum atomic E-state index is 11.7. The van der Waals surface area contributed by atoms with Crippen LogP contribution in [0, 0.1) is 6.92 Å². The van der Waals surface area contributed by atoms with Crippen molar-refractivity contribution in [1.29, 1.82) is 0 Å². The minimum atomic E-state index is 0.494. The van der Waals surface area contributed by atoms with Gasteiger partial charge in [0.1, 0.15) is 5.78 Å². The van der Waals surface area contributed by atoms with Crippen molar-refractivity contribution in [3.63, 3.8) is 0 Å². The zero-order chi connectivity index (χ0) is 14.2. The van der Waals surface area contributed by atoms with E-state index in [1.54, 1.807) is 0 Å². The van der Waals surface area contributed by atoms with Gasteiger partial charge in [-0.2, -0.15) is 0 Å². The van der Waals surface area contributed by atoms with Crippen LogP contribution in [0.15, 0.2) is 0 Å². The molecule has 1 nitrogen and oxygen atoms in total. The summed E-state index contributed by atoms with van der Waals surface area (Å²) in [5.41, 5.74) is 0. The molecule has 0 saturated carbocycles. The molecule has 0 saturated heterocycles. The smallest absolute Gasteiger partial charge is 0.132 e. The minimum Gasteiger partial charge on any atom is -0.300 e. The van der Waals surface area contributed by atoms with Gasteiger partial charge in [0.2, 0.25) is 0 Å². The molecule has 0 aromatic heterocycles. The lowest BCUT2D eigenvalue weighted by molar-refractivity contribution is -0.119. The molecular weight excluding hydrogens is 232 g/mol. The summed E-state index contributed by atoms with van der Waals surface area (Å²) in [7, 11) is 0. The molecule has 0 amide bonds. The number of hydrogen-bond acceptors (Lipinski definition) is 1. The Hall–Kier alpha value is -0.330. The van der Waals surface area contributed by atoms with Crippen molar-refractivity contribution in [2.45, 2.75) is 103 Å². The highest BCUT2D eigenvalue weighted by Crippen LogP contribution is 2.11. The summed E-state index contributed by atoms with van der Waals surface area (Å²) in [6.07, 6.45) is 17.9. The maximum Gasteiger partial charge on any atom is 0.132 e. The van der Waals surface area contributed by atoms with Gasteiger partial charge in [-0.25, -0.2) is 0 Å². The van der Waals surface area contributed by atoms with Gasteiger partial charge in [-0.15, -0.1) is 0 Å². The van der Waals surface area contributed by atoms with E-state index in [-0.39, 0.29) is 0 Å². The number of carbonyl (C=O) groups excluding carboxylic acids is 1. The standard InChI is InChI=1S/C18H35O/c1-3-5-7-9-11-13-15-17-18(19)16-14-12-10-8-6-4-2/h1,3-17H2,2H3. The molecule has 0 unspecified atom stereocenters. The molecule has 1 radical (unpaired) electrons. The van der Waals surface area contributed by atoms with Gasteiger partial charge in [-0.05, 0) is 12.8 Å². The SMILES string of the molecule is [CH2]CCCCCCCCC(=O)CCCCCCCC. The Morgan fingerprint density at radius 2 is 1.11 bits per heavy atom.